The molecule has 0 aliphatic rings. The molecule has 2 heterocycles. The summed E-state index contributed by atoms with van der Waals surface area (Å²) in [6.45, 7) is 6.58. The number of nitrogens with zero attached hydrogens (tertiary/aromatic N) is 2. The Labute approximate surface area is 122 Å². The minimum atomic E-state index is -0.187. The SMILES string of the molecule is CCc1nc(CCNC(=O)c2ncoc2C(C)C)cs1. The van der Waals surface area contributed by atoms with Gasteiger partial charge in [-0.2, -0.15) is 0 Å². The van der Waals surface area contributed by atoms with Crippen LogP contribution in [0.1, 0.15) is 53.6 Å². The number of aromatic nitrogens is 2. The van der Waals surface area contributed by atoms with E-state index in [2.05, 4.69) is 22.2 Å². The molecule has 108 valence electrons. The third-order valence-electron chi connectivity index (χ3n) is 2.90. The minimum Gasteiger partial charge on any atom is -0.447 e. The van der Waals surface area contributed by atoms with E-state index in [0.29, 0.717) is 18.0 Å². The lowest BCUT2D eigenvalue weighted by Gasteiger charge is -2.05. The second-order valence-electron chi connectivity index (χ2n) is 4.81. The van der Waals surface area contributed by atoms with E-state index < -0.39 is 0 Å². The van der Waals surface area contributed by atoms with Gasteiger partial charge in [0, 0.05) is 24.3 Å². The van der Waals surface area contributed by atoms with E-state index in [4.69, 9.17) is 4.42 Å². The topological polar surface area (TPSA) is 68.0 Å². The van der Waals surface area contributed by atoms with Crippen molar-refractivity contribution in [3.8, 4) is 0 Å². The van der Waals surface area contributed by atoms with E-state index in [1.54, 1.807) is 11.3 Å². The van der Waals surface area contributed by atoms with E-state index in [9.17, 15) is 4.79 Å². The summed E-state index contributed by atoms with van der Waals surface area (Å²) in [6, 6.07) is 0. The number of amides is 1. The maximum Gasteiger partial charge on any atom is 0.273 e. The average Bonchev–Trinajstić information content (AvgIpc) is 3.07. The lowest BCUT2D eigenvalue weighted by atomic mass is 10.1. The molecule has 5 nitrogen and oxygen atoms in total. The van der Waals surface area contributed by atoms with Crippen LogP contribution in [0.25, 0.3) is 0 Å². The van der Waals surface area contributed by atoms with Gasteiger partial charge in [-0.15, -0.1) is 11.3 Å². The molecule has 1 N–H and O–H groups in total. The maximum absolute atomic E-state index is 12.0. The molecule has 0 spiro atoms. The smallest absolute Gasteiger partial charge is 0.273 e. The number of aryl methyl sites for hydroxylation is 1. The zero-order chi connectivity index (χ0) is 14.5. The van der Waals surface area contributed by atoms with Gasteiger partial charge in [-0.25, -0.2) is 9.97 Å². The molecule has 0 saturated heterocycles. The van der Waals surface area contributed by atoms with Crippen LogP contribution in [-0.2, 0) is 12.8 Å². The summed E-state index contributed by atoms with van der Waals surface area (Å²) in [4.78, 5) is 20.5. The zero-order valence-electron chi connectivity index (χ0n) is 12.0. The van der Waals surface area contributed by atoms with Crippen molar-refractivity contribution in [1.29, 1.82) is 0 Å². The predicted molar refractivity (Wildman–Crippen MR) is 78.1 cm³/mol. The van der Waals surface area contributed by atoms with Gasteiger partial charge in [-0.1, -0.05) is 20.8 Å². The number of carbonyl (C=O) groups is 1. The van der Waals surface area contributed by atoms with Gasteiger partial charge < -0.3 is 9.73 Å². The summed E-state index contributed by atoms with van der Waals surface area (Å²) in [7, 11) is 0. The first-order valence-corrected chi connectivity index (χ1v) is 7.64. The molecule has 0 saturated carbocycles. The van der Waals surface area contributed by atoms with Gasteiger partial charge in [0.15, 0.2) is 12.1 Å². The number of rotatable bonds is 6. The Kier molecular flexibility index (Phi) is 4.89. The molecular weight excluding hydrogens is 274 g/mol. The molecule has 2 rings (SSSR count). The molecule has 2 aromatic heterocycles. The van der Waals surface area contributed by atoms with E-state index in [0.717, 1.165) is 23.5 Å². The lowest BCUT2D eigenvalue weighted by molar-refractivity contribution is 0.0947. The van der Waals surface area contributed by atoms with Crippen LogP contribution in [0.3, 0.4) is 0 Å². The highest BCUT2D eigenvalue weighted by Gasteiger charge is 2.18. The number of hydrogen-bond acceptors (Lipinski definition) is 5. The summed E-state index contributed by atoms with van der Waals surface area (Å²) in [5, 5.41) is 6.03. The van der Waals surface area contributed by atoms with Crippen LogP contribution in [0.4, 0.5) is 0 Å². The Morgan fingerprint density at radius 2 is 2.30 bits per heavy atom. The Balaban J connectivity index is 1.87. The Morgan fingerprint density at radius 3 is 2.95 bits per heavy atom. The average molecular weight is 293 g/mol. The third kappa shape index (κ3) is 3.45. The summed E-state index contributed by atoms with van der Waals surface area (Å²) in [6.07, 6.45) is 3.00. The van der Waals surface area contributed by atoms with Crippen LogP contribution in [0.5, 0.6) is 0 Å². The molecule has 0 fully saturated rings. The summed E-state index contributed by atoms with van der Waals surface area (Å²) in [5.41, 5.74) is 1.41. The van der Waals surface area contributed by atoms with Gasteiger partial charge in [0.2, 0.25) is 0 Å². The number of hydrogen-bond donors (Lipinski definition) is 1. The van der Waals surface area contributed by atoms with Crippen molar-refractivity contribution in [2.24, 2.45) is 0 Å². The second-order valence-corrected chi connectivity index (χ2v) is 5.75. The normalized spacial score (nSPS) is 11.0. The third-order valence-corrected chi connectivity index (χ3v) is 3.94. The first-order chi connectivity index (χ1) is 9.61. The van der Waals surface area contributed by atoms with E-state index in [-0.39, 0.29) is 11.8 Å². The van der Waals surface area contributed by atoms with Crippen LogP contribution >= 0.6 is 11.3 Å². The molecule has 6 heteroatoms. The van der Waals surface area contributed by atoms with Crippen LogP contribution in [0.15, 0.2) is 16.2 Å². The number of carbonyl (C=O) groups excluding carboxylic acids is 1. The fraction of sp³-hybridized carbons (Fsp3) is 0.500. The molecule has 0 aromatic carbocycles. The molecule has 20 heavy (non-hydrogen) atoms. The van der Waals surface area contributed by atoms with Gasteiger partial charge in [0.05, 0.1) is 10.7 Å². The molecule has 0 aliphatic carbocycles. The van der Waals surface area contributed by atoms with Crippen molar-refractivity contribution in [2.45, 2.75) is 39.5 Å². The Hall–Kier alpha value is -1.69. The highest BCUT2D eigenvalue weighted by molar-refractivity contribution is 7.09. The fourth-order valence-electron chi connectivity index (χ4n) is 1.85. The molecule has 1 amide bonds. The van der Waals surface area contributed by atoms with E-state index in [1.807, 2.05) is 19.2 Å². The van der Waals surface area contributed by atoms with Gasteiger partial charge in [-0.05, 0) is 6.42 Å². The van der Waals surface area contributed by atoms with Crippen molar-refractivity contribution in [2.75, 3.05) is 6.54 Å². The maximum atomic E-state index is 12.0. The first kappa shape index (κ1) is 14.7. The molecular formula is C14H19N3O2S. The highest BCUT2D eigenvalue weighted by Crippen LogP contribution is 2.18. The van der Waals surface area contributed by atoms with Crippen LogP contribution in [0, 0.1) is 0 Å². The molecule has 0 bridgehead atoms. The fourth-order valence-corrected chi connectivity index (χ4v) is 2.63. The van der Waals surface area contributed by atoms with Crippen molar-refractivity contribution < 1.29 is 9.21 Å². The van der Waals surface area contributed by atoms with Crippen molar-refractivity contribution in [1.82, 2.24) is 15.3 Å². The van der Waals surface area contributed by atoms with E-state index >= 15 is 0 Å². The molecule has 0 atom stereocenters. The largest absolute Gasteiger partial charge is 0.447 e. The quantitative estimate of drug-likeness (QED) is 0.889. The van der Waals surface area contributed by atoms with Crippen molar-refractivity contribution >= 4 is 17.2 Å². The molecule has 0 aliphatic heterocycles. The summed E-state index contributed by atoms with van der Waals surface area (Å²) < 4.78 is 5.25. The number of thiazole rings is 1. The zero-order valence-corrected chi connectivity index (χ0v) is 12.8. The number of nitrogens with one attached hydrogen (secondary N) is 1. The van der Waals surface area contributed by atoms with Gasteiger partial charge in [-0.3, -0.25) is 4.79 Å². The van der Waals surface area contributed by atoms with Gasteiger partial charge >= 0.3 is 0 Å². The molecule has 0 radical (unpaired) electrons. The number of oxazole rings is 1. The Bertz CT molecular complexity index is 574. The highest BCUT2D eigenvalue weighted by atomic mass is 32.1. The van der Waals surface area contributed by atoms with Crippen molar-refractivity contribution in [3.05, 3.63) is 33.9 Å². The van der Waals surface area contributed by atoms with E-state index in [1.165, 1.54) is 6.39 Å². The first-order valence-electron chi connectivity index (χ1n) is 6.76. The summed E-state index contributed by atoms with van der Waals surface area (Å²) >= 11 is 1.66. The standard InChI is InChI=1S/C14H19N3O2S/c1-4-11-17-10(7-20-11)5-6-15-14(18)12-13(9(2)3)19-8-16-12/h7-9H,4-6H2,1-3H3,(H,15,18). The molecule has 2 aromatic rings. The monoisotopic (exact) mass is 293 g/mol. The van der Waals surface area contributed by atoms with Gasteiger partial charge in [0.1, 0.15) is 5.76 Å². The Morgan fingerprint density at radius 1 is 1.50 bits per heavy atom. The van der Waals surface area contributed by atoms with Crippen LogP contribution in [-0.4, -0.2) is 22.4 Å². The van der Waals surface area contributed by atoms with Crippen LogP contribution < -0.4 is 5.32 Å². The second kappa shape index (κ2) is 6.65. The lowest BCUT2D eigenvalue weighted by Crippen LogP contribution is -2.27. The van der Waals surface area contributed by atoms with Crippen molar-refractivity contribution in [3.63, 3.8) is 0 Å². The minimum absolute atomic E-state index is 0.143. The van der Waals surface area contributed by atoms with Gasteiger partial charge in [0.25, 0.3) is 5.91 Å². The molecule has 0 unspecified atom stereocenters. The van der Waals surface area contributed by atoms with Crippen LogP contribution in [0.2, 0.25) is 0 Å². The summed E-state index contributed by atoms with van der Waals surface area (Å²) in [5.74, 6) is 0.585. The predicted octanol–water partition coefficient (Wildman–Crippen LogP) is 2.79.